The molecule has 1 aliphatic heterocycles. The second-order valence-corrected chi connectivity index (χ2v) is 21.2. The van der Waals surface area contributed by atoms with E-state index in [0.29, 0.717) is 24.6 Å². The monoisotopic (exact) mass is 713 g/mol. The molecule has 13 nitrogen and oxygen atoms in total. The minimum absolute atomic E-state index is 0.0893. The highest BCUT2D eigenvalue weighted by atomic mass is 32.2. The summed E-state index contributed by atoms with van der Waals surface area (Å²) in [4.78, 5) is 25.1. The number of rotatable bonds is 10. The number of carbonyl (C=O) groups is 2. The van der Waals surface area contributed by atoms with Gasteiger partial charge in [-0.05, 0) is 59.3 Å². The Morgan fingerprint density at radius 2 is 1.38 bits per heavy atom. The van der Waals surface area contributed by atoms with E-state index in [9.17, 15) is 26.4 Å². The molecule has 1 atom stereocenters. The van der Waals surface area contributed by atoms with E-state index in [1.165, 1.54) is 27.7 Å². The molecule has 1 unspecified atom stereocenters. The second-order valence-electron chi connectivity index (χ2n) is 16.0. The average Bonchev–Trinajstić information content (AvgIpc) is 3.68. The molecule has 0 aromatic carbocycles. The SMILES string of the molecule is CC(C)(C)c1cc(NC(=O)C(C)(C)S(=O)(=O)CC2CCCO2)no1.Cn1nc(C(C)(C)C)cc1NC(=O)C(C)(C)S(=O)(=O)CC1CCC1. The summed E-state index contributed by atoms with van der Waals surface area (Å²) < 4.78 is 59.7. The Morgan fingerprint density at radius 1 is 0.812 bits per heavy atom. The Morgan fingerprint density at radius 3 is 1.81 bits per heavy atom. The van der Waals surface area contributed by atoms with Crippen molar-refractivity contribution in [2.75, 3.05) is 28.7 Å². The topological polar surface area (TPSA) is 180 Å². The van der Waals surface area contributed by atoms with Crippen molar-refractivity contribution in [2.45, 2.75) is 128 Å². The lowest BCUT2D eigenvalue weighted by Crippen LogP contribution is -2.47. The van der Waals surface area contributed by atoms with Gasteiger partial charge in [0.25, 0.3) is 0 Å². The molecule has 48 heavy (non-hydrogen) atoms. The molecule has 4 rings (SSSR count). The number of hydrogen-bond donors (Lipinski definition) is 2. The van der Waals surface area contributed by atoms with Crippen LogP contribution in [0.5, 0.6) is 0 Å². The standard InChI is InChI=1S/C17H29N3O3S.C16H26N2O5S/c1-16(2,3)13-10-14(20(6)19-13)18-15(21)17(4,5)24(22,23)11-12-8-7-9-12;1-15(2,3)12-9-13(18-23-12)17-14(19)16(4,5)24(20,21)10-11-7-6-8-22-11/h10,12H,7-9,11H2,1-6H3,(H,18,21);9,11H,6-8,10H2,1-5H3,(H,17,18,19). The van der Waals surface area contributed by atoms with Crippen LogP contribution in [0.3, 0.4) is 0 Å². The fourth-order valence-corrected chi connectivity index (χ4v) is 8.07. The quantitative estimate of drug-likeness (QED) is 0.343. The van der Waals surface area contributed by atoms with Crippen molar-refractivity contribution in [3.8, 4) is 0 Å². The Kier molecular flexibility index (Phi) is 11.7. The van der Waals surface area contributed by atoms with Gasteiger partial charge in [-0.15, -0.1) is 0 Å². The molecule has 0 bridgehead atoms. The van der Waals surface area contributed by atoms with Gasteiger partial charge in [-0.1, -0.05) is 53.1 Å². The number of aromatic nitrogens is 3. The van der Waals surface area contributed by atoms with Crippen molar-refractivity contribution >= 4 is 43.1 Å². The second kappa shape index (κ2) is 14.2. The van der Waals surface area contributed by atoms with Gasteiger partial charge in [0.2, 0.25) is 11.8 Å². The summed E-state index contributed by atoms with van der Waals surface area (Å²) in [7, 11) is -5.46. The number of hydrogen-bond acceptors (Lipinski definition) is 10. The van der Waals surface area contributed by atoms with Crippen LogP contribution < -0.4 is 10.6 Å². The molecule has 3 heterocycles. The molecule has 272 valence electrons. The summed E-state index contributed by atoms with van der Waals surface area (Å²) in [6.07, 6.45) is 4.18. The van der Waals surface area contributed by atoms with E-state index in [1.54, 1.807) is 23.9 Å². The summed E-state index contributed by atoms with van der Waals surface area (Å²) in [5.41, 5.74) is 0.444. The van der Waals surface area contributed by atoms with E-state index < -0.39 is 41.0 Å². The van der Waals surface area contributed by atoms with Crippen molar-refractivity contribution in [1.82, 2.24) is 14.9 Å². The molecular weight excluding hydrogens is 659 g/mol. The highest BCUT2D eigenvalue weighted by Crippen LogP contribution is 2.32. The van der Waals surface area contributed by atoms with Crippen LogP contribution >= 0.6 is 0 Å². The van der Waals surface area contributed by atoms with Crippen LogP contribution in [0, 0.1) is 5.92 Å². The number of aryl methyl sites for hydroxylation is 1. The predicted octanol–water partition coefficient (Wildman–Crippen LogP) is 4.93. The average molecular weight is 714 g/mol. The number of sulfone groups is 2. The van der Waals surface area contributed by atoms with Crippen LogP contribution in [-0.2, 0) is 51.9 Å². The van der Waals surface area contributed by atoms with Gasteiger partial charge in [0.1, 0.15) is 21.1 Å². The van der Waals surface area contributed by atoms with E-state index in [2.05, 4.69) is 20.9 Å². The molecule has 1 aliphatic carbocycles. The van der Waals surface area contributed by atoms with Crippen LogP contribution in [-0.4, -0.2) is 77.3 Å². The van der Waals surface area contributed by atoms with Crippen molar-refractivity contribution in [2.24, 2.45) is 13.0 Å². The zero-order chi connectivity index (χ0) is 36.5. The molecule has 1 saturated carbocycles. The molecule has 2 aromatic heterocycles. The highest BCUT2D eigenvalue weighted by Gasteiger charge is 2.45. The van der Waals surface area contributed by atoms with Crippen molar-refractivity contribution < 1.29 is 35.7 Å². The molecule has 2 aromatic rings. The molecule has 2 amide bonds. The predicted molar refractivity (Wildman–Crippen MR) is 186 cm³/mol. The number of amides is 2. The molecule has 2 aliphatic rings. The fourth-order valence-electron chi connectivity index (χ4n) is 4.86. The number of nitrogens with zero attached hydrogens (tertiary/aromatic N) is 3. The van der Waals surface area contributed by atoms with Gasteiger partial charge in [-0.2, -0.15) is 5.10 Å². The summed E-state index contributed by atoms with van der Waals surface area (Å²) in [5.74, 6) is 0.330. The lowest BCUT2D eigenvalue weighted by molar-refractivity contribution is -0.118. The Bertz CT molecular complexity index is 1670. The summed E-state index contributed by atoms with van der Waals surface area (Å²) in [5, 5.41) is 13.5. The Balaban J connectivity index is 0.000000260. The van der Waals surface area contributed by atoms with Crippen molar-refractivity contribution in [3.05, 3.63) is 23.6 Å². The zero-order valence-electron chi connectivity index (χ0n) is 30.4. The van der Waals surface area contributed by atoms with Crippen LogP contribution in [0.4, 0.5) is 11.6 Å². The van der Waals surface area contributed by atoms with Crippen molar-refractivity contribution in [1.29, 1.82) is 0 Å². The molecule has 2 fully saturated rings. The highest BCUT2D eigenvalue weighted by molar-refractivity contribution is 7.93. The third-order valence-corrected chi connectivity index (χ3v) is 14.3. The molecular formula is C33H55N5O8S2. The number of ether oxygens (including phenoxy) is 1. The van der Waals surface area contributed by atoms with E-state index in [1.807, 2.05) is 41.5 Å². The summed E-state index contributed by atoms with van der Waals surface area (Å²) in [6.45, 7) is 18.3. The molecule has 1 saturated heterocycles. The molecule has 0 spiro atoms. The molecule has 0 radical (unpaired) electrons. The molecule has 15 heteroatoms. The normalized spacial score (nSPS) is 18.1. The lowest BCUT2D eigenvalue weighted by Gasteiger charge is -2.30. The first-order valence-corrected chi connectivity index (χ1v) is 19.8. The first-order chi connectivity index (χ1) is 21.8. The largest absolute Gasteiger partial charge is 0.377 e. The van der Waals surface area contributed by atoms with E-state index in [4.69, 9.17) is 9.26 Å². The van der Waals surface area contributed by atoms with Crippen molar-refractivity contribution in [3.63, 3.8) is 0 Å². The van der Waals surface area contributed by atoms with Gasteiger partial charge in [0.05, 0.1) is 23.3 Å². The maximum absolute atomic E-state index is 12.7. The van der Waals surface area contributed by atoms with Gasteiger partial charge in [-0.3, -0.25) is 14.3 Å². The third-order valence-electron chi connectivity index (χ3n) is 9.14. The van der Waals surface area contributed by atoms with Gasteiger partial charge >= 0.3 is 0 Å². The van der Waals surface area contributed by atoms with Crippen LogP contribution in [0.1, 0.15) is 113 Å². The van der Waals surface area contributed by atoms with Gasteiger partial charge in [0.15, 0.2) is 25.5 Å². The van der Waals surface area contributed by atoms with E-state index >= 15 is 0 Å². The molecule has 2 N–H and O–H groups in total. The summed E-state index contributed by atoms with van der Waals surface area (Å²) >= 11 is 0. The maximum Gasteiger partial charge on any atom is 0.246 e. The number of carbonyl (C=O) groups excluding carboxylic acids is 2. The maximum atomic E-state index is 12.7. The van der Waals surface area contributed by atoms with E-state index in [0.717, 1.165) is 31.4 Å². The Hall–Kier alpha value is -2.78. The number of nitrogens with one attached hydrogen (secondary N) is 2. The van der Waals surface area contributed by atoms with Crippen LogP contribution in [0.25, 0.3) is 0 Å². The first-order valence-electron chi connectivity index (χ1n) is 16.5. The summed E-state index contributed by atoms with van der Waals surface area (Å²) in [6, 6.07) is 3.41. The third kappa shape index (κ3) is 9.26. The number of anilines is 2. The smallest absolute Gasteiger partial charge is 0.246 e. The minimum Gasteiger partial charge on any atom is -0.377 e. The Labute approximate surface area is 286 Å². The van der Waals surface area contributed by atoms with Crippen LogP contribution in [0.15, 0.2) is 16.7 Å². The minimum atomic E-state index is -3.68. The van der Waals surface area contributed by atoms with Crippen LogP contribution in [0.2, 0.25) is 0 Å². The van der Waals surface area contributed by atoms with E-state index in [-0.39, 0.29) is 40.2 Å². The van der Waals surface area contributed by atoms with Gasteiger partial charge in [-0.25, -0.2) is 16.8 Å². The van der Waals surface area contributed by atoms with Gasteiger partial charge < -0.3 is 19.9 Å². The first kappa shape index (κ1) is 39.7. The zero-order valence-corrected chi connectivity index (χ0v) is 32.0. The fraction of sp³-hybridized carbons (Fsp3) is 0.758. The lowest BCUT2D eigenvalue weighted by atomic mass is 9.87. The van der Waals surface area contributed by atoms with Gasteiger partial charge in [0, 0.05) is 36.6 Å².